The van der Waals surface area contributed by atoms with Crippen molar-refractivity contribution >= 4 is 47.5 Å². The predicted molar refractivity (Wildman–Crippen MR) is 117 cm³/mol. The molecule has 3 aromatic carbocycles. The molecule has 0 aromatic heterocycles. The molecule has 0 N–H and O–H groups in total. The van der Waals surface area contributed by atoms with Gasteiger partial charge < -0.3 is 0 Å². The van der Waals surface area contributed by atoms with Gasteiger partial charge in [0.1, 0.15) is 0 Å². The lowest BCUT2D eigenvalue weighted by molar-refractivity contribution is 1.48. The van der Waals surface area contributed by atoms with E-state index >= 15 is 0 Å². The van der Waals surface area contributed by atoms with E-state index in [1.165, 1.54) is 0 Å². The maximum Gasteiger partial charge on any atom is 0.0992 e. The lowest BCUT2D eigenvalue weighted by Gasteiger charge is -2.00. The van der Waals surface area contributed by atoms with Crippen LogP contribution in [-0.2, 0) is 0 Å². The van der Waals surface area contributed by atoms with E-state index in [1.54, 1.807) is 24.3 Å². The van der Waals surface area contributed by atoms with Crippen LogP contribution in [0.15, 0.2) is 60.7 Å². The SMILES string of the molecule is N#Cc1ccc(/C=C/c2ccc(/C=C/c3ccc(C#N)cc3Cl)cc2)c(Cl)c1. The van der Waals surface area contributed by atoms with Gasteiger partial charge in [0.2, 0.25) is 0 Å². The van der Waals surface area contributed by atoms with Crippen molar-refractivity contribution in [1.29, 1.82) is 10.5 Å². The zero-order valence-corrected chi connectivity index (χ0v) is 16.2. The van der Waals surface area contributed by atoms with Crippen LogP contribution in [-0.4, -0.2) is 0 Å². The molecule has 0 radical (unpaired) electrons. The molecule has 0 saturated carbocycles. The van der Waals surface area contributed by atoms with Crippen molar-refractivity contribution in [2.45, 2.75) is 0 Å². The lowest BCUT2D eigenvalue weighted by atomic mass is 10.1. The number of nitrogens with zero attached hydrogens (tertiary/aromatic N) is 2. The Kier molecular flexibility index (Phi) is 6.30. The number of hydrogen-bond acceptors (Lipinski definition) is 2. The third-order valence-electron chi connectivity index (χ3n) is 4.11. The molecule has 0 aliphatic carbocycles. The normalized spacial score (nSPS) is 10.9. The molecule has 4 heteroatoms. The fraction of sp³-hybridized carbons (Fsp3) is 0. The average molecular weight is 401 g/mol. The van der Waals surface area contributed by atoms with Crippen LogP contribution in [0.2, 0.25) is 10.0 Å². The van der Waals surface area contributed by atoms with Gasteiger partial charge >= 0.3 is 0 Å². The summed E-state index contributed by atoms with van der Waals surface area (Å²) in [4.78, 5) is 0. The first-order chi connectivity index (χ1) is 13.6. The van der Waals surface area contributed by atoms with E-state index in [9.17, 15) is 0 Å². The van der Waals surface area contributed by atoms with Crippen molar-refractivity contribution in [3.63, 3.8) is 0 Å². The minimum atomic E-state index is 0.542. The quantitative estimate of drug-likeness (QED) is 0.439. The molecule has 0 aliphatic heterocycles. The minimum Gasteiger partial charge on any atom is -0.192 e. The van der Waals surface area contributed by atoms with Crippen LogP contribution >= 0.6 is 23.2 Å². The first kappa shape index (κ1) is 19.5. The molecular formula is C24H14Cl2N2. The highest BCUT2D eigenvalue weighted by Crippen LogP contribution is 2.22. The Hall–Kier alpha value is -3.30. The van der Waals surface area contributed by atoms with Crippen LogP contribution in [0.1, 0.15) is 33.4 Å². The smallest absolute Gasteiger partial charge is 0.0992 e. The number of halogens is 2. The van der Waals surface area contributed by atoms with Crippen LogP contribution in [0.5, 0.6) is 0 Å². The van der Waals surface area contributed by atoms with Gasteiger partial charge in [-0.3, -0.25) is 0 Å². The van der Waals surface area contributed by atoms with Gasteiger partial charge in [0.15, 0.2) is 0 Å². The average Bonchev–Trinajstić information content (AvgIpc) is 2.72. The van der Waals surface area contributed by atoms with Crippen LogP contribution < -0.4 is 0 Å². The number of hydrogen-bond donors (Lipinski definition) is 0. The Labute approximate surface area is 174 Å². The Morgan fingerprint density at radius 1 is 0.571 bits per heavy atom. The van der Waals surface area contributed by atoms with Gasteiger partial charge in [0.05, 0.1) is 23.3 Å². The molecule has 134 valence electrons. The van der Waals surface area contributed by atoms with E-state index in [0.29, 0.717) is 21.2 Å². The molecule has 0 unspecified atom stereocenters. The van der Waals surface area contributed by atoms with Crippen molar-refractivity contribution in [3.05, 3.63) is 104 Å². The van der Waals surface area contributed by atoms with Gasteiger partial charge in [-0.05, 0) is 46.5 Å². The first-order valence-corrected chi connectivity index (χ1v) is 9.20. The van der Waals surface area contributed by atoms with Crippen molar-refractivity contribution in [2.24, 2.45) is 0 Å². The second-order valence-electron chi connectivity index (χ2n) is 6.03. The number of nitriles is 2. The Morgan fingerprint density at radius 3 is 1.29 bits per heavy atom. The summed E-state index contributed by atoms with van der Waals surface area (Å²) in [5.41, 5.74) is 4.88. The lowest BCUT2D eigenvalue weighted by Crippen LogP contribution is -1.80. The van der Waals surface area contributed by atoms with Gasteiger partial charge in [-0.15, -0.1) is 0 Å². The van der Waals surface area contributed by atoms with Gasteiger partial charge in [-0.2, -0.15) is 10.5 Å². The van der Waals surface area contributed by atoms with E-state index < -0.39 is 0 Å². The van der Waals surface area contributed by atoms with E-state index in [0.717, 1.165) is 22.3 Å². The summed E-state index contributed by atoms with van der Waals surface area (Å²) in [6.07, 6.45) is 7.78. The van der Waals surface area contributed by atoms with Crippen molar-refractivity contribution < 1.29 is 0 Å². The predicted octanol–water partition coefficient (Wildman–Crippen LogP) is 7.08. The maximum atomic E-state index is 8.89. The van der Waals surface area contributed by atoms with Crippen LogP contribution in [0, 0.1) is 22.7 Å². The molecule has 0 saturated heterocycles. The largest absolute Gasteiger partial charge is 0.192 e. The number of benzene rings is 3. The Bertz CT molecular complexity index is 1050. The highest BCUT2D eigenvalue weighted by molar-refractivity contribution is 6.32. The number of rotatable bonds is 4. The fourth-order valence-corrected chi connectivity index (χ4v) is 3.04. The van der Waals surface area contributed by atoms with Crippen molar-refractivity contribution in [3.8, 4) is 12.1 Å². The van der Waals surface area contributed by atoms with Crippen molar-refractivity contribution in [1.82, 2.24) is 0 Å². The summed E-state index contributed by atoms with van der Waals surface area (Å²) >= 11 is 12.4. The molecule has 0 spiro atoms. The summed E-state index contributed by atoms with van der Waals surface area (Å²) in [7, 11) is 0. The molecule has 0 bridgehead atoms. The third kappa shape index (κ3) is 4.90. The molecule has 0 aliphatic rings. The van der Waals surface area contributed by atoms with E-state index in [2.05, 4.69) is 12.1 Å². The molecule has 0 amide bonds. The summed E-state index contributed by atoms with van der Waals surface area (Å²) in [6.45, 7) is 0. The van der Waals surface area contributed by atoms with Gasteiger partial charge in [-0.1, -0.05) is 83.9 Å². The van der Waals surface area contributed by atoms with Gasteiger partial charge in [-0.25, -0.2) is 0 Å². The monoisotopic (exact) mass is 400 g/mol. The summed E-state index contributed by atoms with van der Waals surface area (Å²) in [6, 6.07) is 22.6. The van der Waals surface area contributed by atoms with Crippen LogP contribution in [0.4, 0.5) is 0 Å². The maximum absolute atomic E-state index is 8.89. The topological polar surface area (TPSA) is 47.6 Å². The zero-order valence-electron chi connectivity index (χ0n) is 14.7. The summed E-state index contributed by atoms with van der Waals surface area (Å²) < 4.78 is 0. The molecule has 3 aromatic rings. The van der Waals surface area contributed by atoms with Crippen molar-refractivity contribution in [2.75, 3.05) is 0 Å². The first-order valence-electron chi connectivity index (χ1n) is 8.44. The molecule has 0 heterocycles. The van der Waals surface area contributed by atoms with Gasteiger partial charge in [0.25, 0.3) is 0 Å². The fourth-order valence-electron chi connectivity index (χ4n) is 2.55. The van der Waals surface area contributed by atoms with E-state index in [4.69, 9.17) is 33.7 Å². The molecule has 3 rings (SSSR count). The van der Waals surface area contributed by atoms with E-state index in [-0.39, 0.29) is 0 Å². The van der Waals surface area contributed by atoms with Gasteiger partial charge in [0, 0.05) is 10.0 Å². The second kappa shape index (κ2) is 9.07. The molecular weight excluding hydrogens is 387 g/mol. The van der Waals surface area contributed by atoms with E-state index in [1.807, 2.05) is 60.7 Å². The summed E-state index contributed by atoms with van der Waals surface area (Å²) in [5, 5.41) is 18.9. The van der Waals surface area contributed by atoms with Crippen LogP contribution in [0.25, 0.3) is 24.3 Å². The minimum absolute atomic E-state index is 0.542. The molecule has 28 heavy (non-hydrogen) atoms. The Balaban J connectivity index is 1.72. The summed E-state index contributed by atoms with van der Waals surface area (Å²) in [5.74, 6) is 0. The second-order valence-corrected chi connectivity index (χ2v) is 6.84. The molecule has 0 fully saturated rings. The van der Waals surface area contributed by atoms with Crippen LogP contribution in [0.3, 0.4) is 0 Å². The Morgan fingerprint density at radius 2 is 0.964 bits per heavy atom. The highest BCUT2D eigenvalue weighted by Gasteiger charge is 2.00. The zero-order chi connectivity index (χ0) is 19.9. The third-order valence-corrected chi connectivity index (χ3v) is 4.76. The standard InChI is InChI=1S/C24H14Cl2N2/c25-23-13-19(15-27)7-11-21(23)9-5-17-1-2-18(4-3-17)6-10-22-12-8-20(16-28)14-24(22)26/h1-14H/b9-5+,10-6+. The highest BCUT2D eigenvalue weighted by atomic mass is 35.5. The molecule has 2 nitrogen and oxygen atoms in total. The molecule has 0 atom stereocenters.